The summed E-state index contributed by atoms with van der Waals surface area (Å²) in [5.74, 6) is -2.15. The fraction of sp³-hybridized carbons (Fsp3) is 0.350. The number of nitrogens with two attached hydrogens (primary N) is 1. The Morgan fingerprint density at radius 3 is 2.39 bits per heavy atom. The second kappa shape index (κ2) is 10.6. The number of rotatable bonds is 8. The first-order chi connectivity index (χ1) is 14.7. The minimum atomic E-state index is -0.957. The molecular weight excluding hydrogens is 424 g/mol. The normalized spacial score (nSPS) is 15.9. The summed E-state index contributed by atoms with van der Waals surface area (Å²) in [6.07, 6.45) is 0. The van der Waals surface area contributed by atoms with Gasteiger partial charge in [0.25, 0.3) is 5.69 Å². The molecule has 0 aromatic heterocycles. The first kappa shape index (κ1) is 23.9. The van der Waals surface area contributed by atoms with Gasteiger partial charge >= 0.3 is 11.9 Å². The van der Waals surface area contributed by atoms with Crippen molar-refractivity contribution in [2.75, 3.05) is 19.0 Å². The summed E-state index contributed by atoms with van der Waals surface area (Å²) in [6, 6.07) is 5.73. The molecule has 2 rings (SSSR count). The fourth-order valence-electron chi connectivity index (χ4n) is 3.24. The van der Waals surface area contributed by atoms with Gasteiger partial charge in [0, 0.05) is 29.3 Å². The molecule has 1 heterocycles. The van der Waals surface area contributed by atoms with Gasteiger partial charge in [0.15, 0.2) is 5.17 Å². The Bertz CT molecular complexity index is 972. The highest BCUT2D eigenvalue weighted by molar-refractivity contribution is 8.13. The van der Waals surface area contributed by atoms with Gasteiger partial charge in [0.2, 0.25) is 0 Å². The van der Waals surface area contributed by atoms with Crippen molar-refractivity contribution in [1.29, 1.82) is 5.41 Å². The number of benzene rings is 1. The molecular formula is C20H24N4O6S. The fourth-order valence-corrected chi connectivity index (χ4v) is 3.77. The maximum atomic E-state index is 13.0. The number of non-ortho nitro benzene ring substituents is 1. The number of hydrogen-bond donors (Lipinski definition) is 3. The second-order valence-electron chi connectivity index (χ2n) is 6.43. The van der Waals surface area contributed by atoms with Crippen LogP contribution in [-0.2, 0) is 19.1 Å². The molecule has 10 nitrogen and oxygen atoms in total. The number of dihydropyridines is 1. The predicted molar refractivity (Wildman–Crippen MR) is 116 cm³/mol. The lowest BCUT2D eigenvalue weighted by Gasteiger charge is -2.31. The molecule has 1 atom stereocenters. The summed E-state index contributed by atoms with van der Waals surface area (Å²) in [5, 5.41) is 21.7. The van der Waals surface area contributed by atoms with Crippen LogP contribution in [0.15, 0.2) is 46.8 Å². The van der Waals surface area contributed by atoms with Crippen LogP contribution in [0.4, 0.5) is 5.69 Å². The van der Waals surface area contributed by atoms with Crippen molar-refractivity contribution < 1.29 is 24.0 Å². The Kier molecular flexibility index (Phi) is 8.20. The number of nitrogens with one attached hydrogen (secondary N) is 2. The molecule has 1 aromatic carbocycles. The lowest BCUT2D eigenvalue weighted by Crippen LogP contribution is -2.34. The zero-order valence-corrected chi connectivity index (χ0v) is 18.2. The van der Waals surface area contributed by atoms with Crippen molar-refractivity contribution in [3.05, 3.63) is 62.5 Å². The minimum Gasteiger partial charge on any atom is -0.463 e. The third-order valence-corrected chi connectivity index (χ3v) is 5.17. The molecule has 166 valence electrons. The highest BCUT2D eigenvalue weighted by Crippen LogP contribution is 2.40. The summed E-state index contributed by atoms with van der Waals surface area (Å²) in [7, 11) is 0. The Morgan fingerprint density at radius 2 is 1.84 bits per heavy atom. The zero-order chi connectivity index (χ0) is 23.1. The number of esters is 2. The van der Waals surface area contributed by atoms with Gasteiger partial charge in [0.05, 0.1) is 35.2 Å². The molecule has 1 aromatic rings. The largest absolute Gasteiger partial charge is 0.463 e. The maximum Gasteiger partial charge on any atom is 0.336 e. The summed E-state index contributed by atoms with van der Waals surface area (Å²) < 4.78 is 10.4. The van der Waals surface area contributed by atoms with Crippen LogP contribution in [0.5, 0.6) is 0 Å². The van der Waals surface area contributed by atoms with Crippen molar-refractivity contribution in [3.63, 3.8) is 0 Å². The van der Waals surface area contributed by atoms with E-state index in [-0.39, 0.29) is 41.0 Å². The molecule has 0 unspecified atom stereocenters. The van der Waals surface area contributed by atoms with Crippen LogP contribution in [0.25, 0.3) is 0 Å². The molecule has 0 aliphatic carbocycles. The molecule has 1 aliphatic heterocycles. The van der Waals surface area contributed by atoms with Crippen LogP contribution in [0, 0.1) is 15.5 Å². The van der Waals surface area contributed by atoms with Crippen molar-refractivity contribution in [2.24, 2.45) is 5.73 Å². The van der Waals surface area contributed by atoms with Crippen LogP contribution >= 0.6 is 11.8 Å². The molecule has 1 aliphatic rings. The lowest BCUT2D eigenvalue weighted by molar-refractivity contribution is -0.384. The third kappa shape index (κ3) is 5.63. The highest BCUT2D eigenvalue weighted by Gasteiger charge is 2.39. The number of hydrogen-bond acceptors (Lipinski definition) is 9. The van der Waals surface area contributed by atoms with Gasteiger partial charge in [-0.1, -0.05) is 23.9 Å². The van der Waals surface area contributed by atoms with Gasteiger partial charge in [-0.25, -0.2) is 9.59 Å². The van der Waals surface area contributed by atoms with Crippen molar-refractivity contribution in [2.45, 2.75) is 26.7 Å². The molecule has 0 saturated carbocycles. The van der Waals surface area contributed by atoms with Gasteiger partial charge in [-0.05, 0) is 26.3 Å². The van der Waals surface area contributed by atoms with Gasteiger partial charge in [-0.2, -0.15) is 0 Å². The van der Waals surface area contributed by atoms with E-state index in [1.54, 1.807) is 26.8 Å². The van der Waals surface area contributed by atoms with Crippen LogP contribution in [0.3, 0.4) is 0 Å². The molecule has 0 spiro atoms. The minimum absolute atomic E-state index is 0.0918. The topological polar surface area (TPSA) is 158 Å². The van der Waals surface area contributed by atoms with Crippen LogP contribution < -0.4 is 11.1 Å². The number of amidine groups is 1. The molecule has 11 heteroatoms. The number of nitro benzene ring substituents is 1. The number of nitro groups is 1. The number of nitrogens with zero attached hydrogens (tertiary/aromatic N) is 1. The van der Waals surface area contributed by atoms with Crippen LogP contribution in [0.2, 0.25) is 0 Å². The van der Waals surface area contributed by atoms with Gasteiger partial charge in [0.1, 0.15) is 0 Å². The Labute approximate surface area is 183 Å². The molecule has 31 heavy (non-hydrogen) atoms. The number of carbonyl (C=O) groups excluding carboxylic acids is 2. The lowest BCUT2D eigenvalue weighted by atomic mass is 9.80. The first-order valence-corrected chi connectivity index (χ1v) is 10.5. The van der Waals surface area contributed by atoms with E-state index < -0.39 is 22.8 Å². The first-order valence-electron chi connectivity index (χ1n) is 9.47. The van der Waals surface area contributed by atoms with E-state index in [1.807, 2.05) is 0 Å². The number of allylic oxidation sites excluding steroid dienone is 1. The van der Waals surface area contributed by atoms with E-state index in [1.165, 1.54) is 18.2 Å². The summed E-state index contributed by atoms with van der Waals surface area (Å²) in [4.78, 5) is 36.6. The molecule has 0 saturated heterocycles. The molecule has 0 radical (unpaired) electrons. The number of ether oxygens (including phenoxy) is 2. The molecule has 4 N–H and O–H groups in total. The quantitative estimate of drug-likeness (QED) is 0.179. The van der Waals surface area contributed by atoms with E-state index in [0.29, 0.717) is 17.0 Å². The summed E-state index contributed by atoms with van der Waals surface area (Å²) in [5.41, 5.74) is 6.75. The predicted octanol–water partition coefficient (Wildman–Crippen LogP) is 2.56. The SMILES string of the molecule is CCOC(=O)C1=C(C)NC(CSC(=N)N)=C(C(=O)OCC)[C@H]1c1cccc([N+](=O)[O-])c1. The smallest absolute Gasteiger partial charge is 0.336 e. The van der Waals surface area contributed by atoms with Gasteiger partial charge < -0.3 is 20.5 Å². The Morgan fingerprint density at radius 1 is 1.23 bits per heavy atom. The van der Waals surface area contributed by atoms with E-state index in [0.717, 1.165) is 11.8 Å². The van der Waals surface area contributed by atoms with Crippen molar-refractivity contribution in [1.82, 2.24) is 5.32 Å². The van der Waals surface area contributed by atoms with Crippen LogP contribution in [-0.4, -0.2) is 41.0 Å². The van der Waals surface area contributed by atoms with Gasteiger partial charge in [-0.3, -0.25) is 15.5 Å². The standard InChI is InChI=1S/C20H24N4O6S/c1-4-29-18(25)15-11(3)23-14(10-31-20(21)22)17(19(26)30-5-2)16(15)12-7-6-8-13(9-12)24(27)28/h6-9,16,23H,4-5,10H2,1-3H3,(H3,21,22)/t16-/m0/s1. The molecule has 0 amide bonds. The average molecular weight is 449 g/mol. The summed E-state index contributed by atoms with van der Waals surface area (Å²) >= 11 is 0.990. The van der Waals surface area contributed by atoms with Crippen molar-refractivity contribution >= 4 is 34.6 Å². The highest BCUT2D eigenvalue weighted by atomic mass is 32.2. The maximum absolute atomic E-state index is 13.0. The van der Waals surface area contributed by atoms with E-state index in [2.05, 4.69) is 5.32 Å². The molecule has 0 bridgehead atoms. The Hall–Kier alpha value is -3.34. The van der Waals surface area contributed by atoms with E-state index in [4.69, 9.17) is 20.6 Å². The van der Waals surface area contributed by atoms with E-state index in [9.17, 15) is 19.7 Å². The number of carbonyl (C=O) groups is 2. The van der Waals surface area contributed by atoms with Gasteiger partial charge in [-0.15, -0.1) is 0 Å². The molecule has 0 fully saturated rings. The average Bonchev–Trinajstić information content (AvgIpc) is 2.71. The van der Waals surface area contributed by atoms with E-state index >= 15 is 0 Å². The number of thioether (sulfide) groups is 1. The Balaban J connectivity index is 2.75. The second-order valence-corrected chi connectivity index (χ2v) is 7.45. The monoisotopic (exact) mass is 448 g/mol. The van der Waals surface area contributed by atoms with Crippen LogP contribution in [0.1, 0.15) is 32.3 Å². The third-order valence-electron chi connectivity index (χ3n) is 4.42. The summed E-state index contributed by atoms with van der Waals surface area (Å²) in [6.45, 7) is 5.16. The van der Waals surface area contributed by atoms with Crippen molar-refractivity contribution in [3.8, 4) is 0 Å². The zero-order valence-electron chi connectivity index (χ0n) is 17.4.